The van der Waals surface area contributed by atoms with Crippen LogP contribution in [0, 0.1) is 0 Å². The molecule has 20 heavy (non-hydrogen) atoms. The number of fused-ring (bicyclic) bond motifs is 1. The maximum absolute atomic E-state index is 6.26. The van der Waals surface area contributed by atoms with E-state index in [0.717, 1.165) is 29.9 Å². The molecule has 1 aromatic carbocycles. The molecule has 1 aliphatic heterocycles. The summed E-state index contributed by atoms with van der Waals surface area (Å²) in [5.41, 5.74) is 7.36. The lowest BCUT2D eigenvalue weighted by Gasteiger charge is -2.30. The van der Waals surface area contributed by atoms with E-state index in [4.69, 9.17) is 15.2 Å². The second kappa shape index (κ2) is 7.53. The SMILES string of the molecule is CCCCCCCC1C[C@H](N)c2ccc(OC)cc2O1. The summed E-state index contributed by atoms with van der Waals surface area (Å²) >= 11 is 0. The molecule has 0 fully saturated rings. The van der Waals surface area contributed by atoms with Gasteiger partial charge in [0.2, 0.25) is 0 Å². The van der Waals surface area contributed by atoms with Crippen LogP contribution in [0.5, 0.6) is 11.5 Å². The molecule has 2 N–H and O–H groups in total. The third-order valence-corrected chi connectivity index (χ3v) is 4.06. The fourth-order valence-electron chi connectivity index (χ4n) is 2.84. The fraction of sp³-hybridized carbons (Fsp3) is 0.647. The van der Waals surface area contributed by atoms with Gasteiger partial charge in [0.1, 0.15) is 17.6 Å². The minimum atomic E-state index is 0.0882. The van der Waals surface area contributed by atoms with Gasteiger partial charge in [0.25, 0.3) is 0 Å². The molecular weight excluding hydrogens is 250 g/mol. The van der Waals surface area contributed by atoms with Gasteiger partial charge in [-0.2, -0.15) is 0 Å². The van der Waals surface area contributed by atoms with E-state index in [2.05, 4.69) is 6.92 Å². The highest BCUT2D eigenvalue weighted by atomic mass is 16.5. The monoisotopic (exact) mass is 277 g/mol. The van der Waals surface area contributed by atoms with E-state index < -0.39 is 0 Å². The molecule has 3 heteroatoms. The van der Waals surface area contributed by atoms with Crippen molar-refractivity contribution >= 4 is 0 Å². The Morgan fingerprint density at radius 2 is 2.05 bits per heavy atom. The Morgan fingerprint density at radius 1 is 1.25 bits per heavy atom. The Morgan fingerprint density at radius 3 is 2.80 bits per heavy atom. The Bertz CT molecular complexity index is 419. The number of unbranched alkanes of at least 4 members (excludes halogenated alkanes) is 4. The van der Waals surface area contributed by atoms with E-state index in [1.165, 1.54) is 32.1 Å². The first-order valence-electron chi connectivity index (χ1n) is 7.84. The molecule has 0 bridgehead atoms. The Hall–Kier alpha value is -1.22. The van der Waals surface area contributed by atoms with Crippen LogP contribution in [-0.2, 0) is 0 Å². The quantitative estimate of drug-likeness (QED) is 0.759. The zero-order chi connectivity index (χ0) is 14.4. The van der Waals surface area contributed by atoms with Crippen LogP contribution >= 0.6 is 0 Å². The lowest BCUT2D eigenvalue weighted by atomic mass is 9.94. The van der Waals surface area contributed by atoms with Crippen molar-refractivity contribution in [1.29, 1.82) is 0 Å². The summed E-state index contributed by atoms with van der Waals surface area (Å²) in [7, 11) is 1.68. The predicted octanol–water partition coefficient (Wildman–Crippen LogP) is 4.21. The summed E-state index contributed by atoms with van der Waals surface area (Å²) in [6.07, 6.45) is 8.78. The van der Waals surface area contributed by atoms with Crippen LogP contribution in [0.2, 0.25) is 0 Å². The molecule has 1 heterocycles. The number of ether oxygens (including phenoxy) is 2. The second-order valence-electron chi connectivity index (χ2n) is 5.69. The Balaban J connectivity index is 1.89. The summed E-state index contributed by atoms with van der Waals surface area (Å²) in [5, 5.41) is 0. The zero-order valence-electron chi connectivity index (χ0n) is 12.7. The third-order valence-electron chi connectivity index (χ3n) is 4.06. The van der Waals surface area contributed by atoms with Crippen molar-refractivity contribution in [3.05, 3.63) is 23.8 Å². The van der Waals surface area contributed by atoms with Crippen LogP contribution in [0.4, 0.5) is 0 Å². The number of nitrogens with two attached hydrogens (primary N) is 1. The van der Waals surface area contributed by atoms with Gasteiger partial charge in [0.15, 0.2) is 0 Å². The first kappa shape index (κ1) is 15.2. The highest BCUT2D eigenvalue weighted by Gasteiger charge is 2.25. The van der Waals surface area contributed by atoms with Crippen molar-refractivity contribution in [2.75, 3.05) is 7.11 Å². The van der Waals surface area contributed by atoms with Gasteiger partial charge >= 0.3 is 0 Å². The summed E-state index contributed by atoms with van der Waals surface area (Å²) in [5.74, 6) is 1.74. The van der Waals surface area contributed by atoms with Gasteiger partial charge < -0.3 is 15.2 Å². The molecule has 1 unspecified atom stereocenters. The van der Waals surface area contributed by atoms with Crippen LogP contribution in [0.15, 0.2) is 18.2 Å². The highest BCUT2D eigenvalue weighted by molar-refractivity contribution is 5.43. The average molecular weight is 277 g/mol. The highest BCUT2D eigenvalue weighted by Crippen LogP contribution is 2.37. The van der Waals surface area contributed by atoms with E-state index in [9.17, 15) is 0 Å². The number of methoxy groups -OCH3 is 1. The molecule has 0 spiro atoms. The summed E-state index contributed by atoms with van der Waals surface area (Å²) in [6, 6.07) is 6.02. The van der Waals surface area contributed by atoms with E-state index in [1.807, 2.05) is 18.2 Å². The van der Waals surface area contributed by atoms with Gasteiger partial charge in [0.05, 0.1) is 7.11 Å². The molecule has 0 saturated heterocycles. The van der Waals surface area contributed by atoms with Crippen molar-refractivity contribution in [2.24, 2.45) is 5.73 Å². The van der Waals surface area contributed by atoms with E-state index in [-0.39, 0.29) is 12.1 Å². The van der Waals surface area contributed by atoms with Crippen molar-refractivity contribution in [1.82, 2.24) is 0 Å². The van der Waals surface area contributed by atoms with Crippen LogP contribution in [0.1, 0.15) is 63.5 Å². The molecule has 0 saturated carbocycles. The van der Waals surface area contributed by atoms with Crippen molar-refractivity contribution < 1.29 is 9.47 Å². The van der Waals surface area contributed by atoms with Crippen LogP contribution in [0.25, 0.3) is 0 Å². The molecule has 2 rings (SSSR count). The molecule has 3 nitrogen and oxygen atoms in total. The first-order chi connectivity index (χ1) is 9.74. The lowest BCUT2D eigenvalue weighted by molar-refractivity contribution is 0.146. The standard InChI is InChI=1S/C17H27NO2/c1-3-4-5-6-7-8-14-11-16(18)15-10-9-13(19-2)12-17(15)20-14/h9-10,12,14,16H,3-8,11,18H2,1-2H3/t14?,16-/m0/s1. The van der Waals surface area contributed by atoms with Crippen LogP contribution < -0.4 is 15.2 Å². The topological polar surface area (TPSA) is 44.5 Å². The zero-order valence-corrected chi connectivity index (χ0v) is 12.7. The van der Waals surface area contributed by atoms with Gasteiger partial charge in [-0.3, -0.25) is 0 Å². The van der Waals surface area contributed by atoms with Gasteiger partial charge in [-0.25, -0.2) is 0 Å². The molecule has 112 valence electrons. The largest absolute Gasteiger partial charge is 0.497 e. The van der Waals surface area contributed by atoms with Crippen LogP contribution in [-0.4, -0.2) is 13.2 Å². The summed E-state index contributed by atoms with van der Waals surface area (Å²) < 4.78 is 11.3. The molecule has 0 amide bonds. The molecule has 0 aromatic heterocycles. The first-order valence-corrected chi connectivity index (χ1v) is 7.84. The van der Waals surface area contributed by atoms with Gasteiger partial charge in [-0.1, -0.05) is 38.7 Å². The molecular formula is C17H27NO2. The smallest absolute Gasteiger partial charge is 0.128 e. The normalized spacial score (nSPS) is 21.1. The number of rotatable bonds is 7. The van der Waals surface area contributed by atoms with Gasteiger partial charge in [0, 0.05) is 24.1 Å². The van der Waals surface area contributed by atoms with Gasteiger partial charge in [-0.05, 0) is 18.9 Å². The molecule has 0 radical (unpaired) electrons. The van der Waals surface area contributed by atoms with E-state index >= 15 is 0 Å². The Labute approximate surface area is 122 Å². The fourth-order valence-corrected chi connectivity index (χ4v) is 2.84. The summed E-state index contributed by atoms with van der Waals surface area (Å²) in [4.78, 5) is 0. The van der Waals surface area contributed by atoms with Crippen molar-refractivity contribution in [2.45, 2.75) is 64.0 Å². The second-order valence-corrected chi connectivity index (χ2v) is 5.69. The third kappa shape index (κ3) is 3.89. The minimum absolute atomic E-state index is 0.0882. The maximum Gasteiger partial charge on any atom is 0.128 e. The predicted molar refractivity (Wildman–Crippen MR) is 82.3 cm³/mol. The van der Waals surface area contributed by atoms with Gasteiger partial charge in [-0.15, -0.1) is 0 Å². The molecule has 1 aliphatic rings. The average Bonchev–Trinajstić information content (AvgIpc) is 2.46. The number of benzene rings is 1. The number of hydrogen-bond donors (Lipinski definition) is 1. The molecule has 0 aliphatic carbocycles. The van der Waals surface area contributed by atoms with E-state index in [1.54, 1.807) is 7.11 Å². The lowest BCUT2D eigenvalue weighted by Crippen LogP contribution is -2.29. The molecule has 1 aromatic rings. The van der Waals surface area contributed by atoms with Crippen molar-refractivity contribution in [3.63, 3.8) is 0 Å². The van der Waals surface area contributed by atoms with Crippen LogP contribution in [0.3, 0.4) is 0 Å². The molecule has 2 atom stereocenters. The minimum Gasteiger partial charge on any atom is -0.497 e. The Kier molecular flexibility index (Phi) is 5.72. The maximum atomic E-state index is 6.26. The van der Waals surface area contributed by atoms with E-state index in [0.29, 0.717) is 0 Å². The number of hydrogen-bond acceptors (Lipinski definition) is 3. The summed E-state index contributed by atoms with van der Waals surface area (Å²) in [6.45, 7) is 2.24. The van der Waals surface area contributed by atoms with Crippen molar-refractivity contribution in [3.8, 4) is 11.5 Å².